The number of H-pyrrole nitrogens is 1. The Kier molecular flexibility index (Phi) is 6.47. The first-order valence-electron chi connectivity index (χ1n) is 12.9. The number of carbonyl (C=O) groups excluding carboxylic acids is 1. The van der Waals surface area contributed by atoms with E-state index in [2.05, 4.69) is 36.1 Å². The van der Waals surface area contributed by atoms with Crippen LogP contribution >= 0.6 is 0 Å². The summed E-state index contributed by atoms with van der Waals surface area (Å²) in [5.74, 6) is 2.04. The van der Waals surface area contributed by atoms with E-state index in [4.69, 9.17) is 9.72 Å². The fraction of sp³-hybridized carbons (Fsp3) is 0.321. The average molecular weight is 511 g/mol. The van der Waals surface area contributed by atoms with Crippen LogP contribution in [0.5, 0.6) is 5.75 Å². The largest absolute Gasteiger partial charge is 0.493 e. The zero-order valence-electron chi connectivity index (χ0n) is 21.2. The number of aromatic amines is 1. The molecule has 0 bridgehead atoms. The summed E-state index contributed by atoms with van der Waals surface area (Å²) in [5.41, 5.74) is 3.75. The third kappa shape index (κ3) is 4.70. The molecule has 2 aromatic carbocycles. The molecule has 2 aromatic heterocycles. The molecule has 4 aromatic rings. The number of fused-ring (bicyclic) bond motifs is 1. The van der Waals surface area contributed by atoms with Gasteiger partial charge in [-0.1, -0.05) is 24.3 Å². The summed E-state index contributed by atoms with van der Waals surface area (Å²) in [6.45, 7) is 4.27. The summed E-state index contributed by atoms with van der Waals surface area (Å²) in [7, 11) is 0. The Bertz CT molecular complexity index is 1430. The lowest BCUT2D eigenvalue weighted by Crippen LogP contribution is -2.46. The van der Waals surface area contributed by atoms with Crippen LogP contribution in [0.25, 0.3) is 11.5 Å². The Hall–Kier alpha value is -4.31. The Morgan fingerprint density at radius 3 is 2.84 bits per heavy atom. The highest BCUT2D eigenvalue weighted by molar-refractivity contribution is 5.95. The topological polar surface area (TPSA) is 130 Å². The number of rotatable bonds is 6. The van der Waals surface area contributed by atoms with Crippen molar-refractivity contribution in [3.8, 4) is 17.3 Å². The maximum Gasteiger partial charge on any atom is 0.251 e. The van der Waals surface area contributed by atoms with Gasteiger partial charge in [0.2, 0.25) is 0 Å². The molecule has 0 spiro atoms. The van der Waals surface area contributed by atoms with Gasteiger partial charge in [-0.25, -0.2) is 15.0 Å². The highest BCUT2D eigenvalue weighted by Crippen LogP contribution is 2.36. The standard InChI is InChI=1S/C28H30N8O2/c1-18-4-2-7-21-22(9-15-38-24(18)21)32-26(37)19-5-3-6-20(16-19)34-28(10-13-29-14-11-28)27-33-25(35-36-27)23-8-12-30-17-31-23/h2-8,12,16-17,22,29,34H,9-11,13-15H2,1H3,(H,32,37)(H,33,35,36)/t22-/m1/s1. The molecule has 6 rings (SSSR count). The Morgan fingerprint density at radius 2 is 2.00 bits per heavy atom. The maximum absolute atomic E-state index is 13.3. The van der Waals surface area contributed by atoms with E-state index in [0.29, 0.717) is 23.7 Å². The van der Waals surface area contributed by atoms with Gasteiger partial charge in [0.25, 0.3) is 5.91 Å². The van der Waals surface area contributed by atoms with Crippen LogP contribution in [-0.4, -0.2) is 50.8 Å². The highest BCUT2D eigenvalue weighted by atomic mass is 16.5. The molecular formula is C28H30N8O2. The van der Waals surface area contributed by atoms with Crippen LogP contribution < -0.4 is 20.7 Å². The van der Waals surface area contributed by atoms with E-state index < -0.39 is 5.54 Å². The molecular weight excluding hydrogens is 480 g/mol. The van der Waals surface area contributed by atoms with Gasteiger partial charge in [-0.05, 0) is 62.7 Å². The molecule has 1 amide bonds. The molecule has 38 heavy (non-hydrogen) atoms. The monoisotopic (exact) mass is 510 g/mol. The SMILES string of the molecule is Cc1cccc2c1OCC[C@H]2NC(=O)c1cccc(NC2(c3nc(-c4ccncn4)n[nH]3)CCNCC2)c1. The van der Waals surface area contributed by atoms with Crippen LogP contribution in [0.2, 0.25) is 0 Å². The molecule has 2 aliphatic rings. The van der Waals surface area contributed by atoms with Crippen molar-refractivity contribution in [1.82, 2.24) is 35.8 Å². The fourth-order valence-electron chi connectivity index (χ4n) is 5.27. The number of piperidine rings is 1. The van der Waals surface area contributed by atoms with Crippen molar-refractivity contribution in [2.24, 2.45) is 0 Å². The molecule has 4 N–H and O–H groups in total. The molecule has 1 fully saturated rings. The molecule has 4 heterocycles. The van der Waals surface area contributed by atoms with Gasteiger partial charge in [-0.2, -0.15) is 5.10 Å². The lowest BCUT2D eigenvalue weighted by atomic mass is 9.87. The number of nitrogens with zero attached hydrogens (tertiary/aromatic N) is 4. The first-order chi connectivity index (χ1) is 18.6. The van der Waals surface area contributed by atoms with Gasteiger partial charge in [-0.3, -0.25) is 9.89 Å². The number of anilines is 1. The second-order valence-corrected chi connectivity index (χ2v) is 9.80. The number of aromatic nitrogens is 5. The average Bonchev–Trinajstić information content (AvgIpc) is 3.46. The predicted molar refractivity (Wildman–Crippen MR) is 143 cm³/mol. The smallest absolute Gasteiger partial charge is 0.251 e. The quantitative estimate of drug-likeness (QED) is 0.310. The van der Waals surface area contributed by atoms with Crippen molar-refractivity contribution < 1.29 is 9.53 Å². The number of benzene rings is 2. The molecule has 10 nitrogen and oxygen atoms in total. The van der Waals surface area contributed by atoms with Crippen LogP contribution in [0.4, 0.5) is 5.69 Å². The van der Waals surface area contributed by atoms with E-state index >= 15 is 0 Å². The van der Waals surface area contributed by atoms with E-state index in [1.54, 1.807) is 12.3 Å². The van der Waals surface area contributed by atoms with Crippen molar-refractivity contribution in [3.63, 3.8) is 0 Å². The van der Waals surface area contributed by atoms with Crippen molar-refractivity contribution in [3.05, 3.63) is 83.6 Å². The van der Waals surface area contributed by atoms with Crippen molar-refractivity contribution in [1.29, 1.82) is 0 Å². The number of amides is 1. The molecule has 10 heteroatoms. The summed E-state index contributed by atoms with van der Waals surface area (Å²) >= 11 is 0. The molecule has 0 aliphatic carbocycles. The third-order valence-electron chi connectivity index (χ3n) is 7.29. The van der Waals surface area contributed by atoms with Crippen molar-refractivity contribution in [2.45, 2.75) is 37.8 Å². The van der Waals surface area contributed by atoms with Gasteiger partial charge >= 0.3 is 0 Å². The summed E-state index contributed by atoms with van der Waals surface area (Å²) in [5, 5.41) is 17.9. The minimum atomic E-state index is -0.462. The van der Waals surface area contributed by atoms with E-state index in [1.807, 2.05) is 49.4 Å². The van der Waals surface area contributed by atoms with E-state index in [1.165, 1.54) is 6.33 Å². The van der Waals surface area contributed by atoms with Crippen LogP contribution in [0, 0.1) is 6.92 Å². The summed E-state index contributed by atoms with van der Waals surface area (Å²) in [4.78, 5) is 26.4. The molecule has 194 valence electrons. The van der Waals surface area contributed by atoms with Crippen LogP contribution in [0.1, 0.15) is 52.6 Å². The maximum atomic E-state index is 13.3. The normalized spacial score (nSPS) is 18.2. The zero-order chi connectivity index (χ0) is 26.0. The van der Waals surface area contributed by atoms with Crippen molar-refractivity contribution in [2.75, 3.05) is 25.0 Å². The second kappa shape index (κ2) is 10.2. The minimum absolute atomic E-state index is 0.0899. The van der Waals surface area contributed by atoms with Crippen molar-refractivity contribution >= 4 is 11.6 Å². The number of carbonyl (C=O) groups is 1. The van der Waals surface area contributed by atoms with Gasteiger partial charge in [0, 0.05) is 29.4 Å². The Balaban J connectivity index is 1.23. The van der Waals surface area contributed by atoms with Crippen LogP contribution in [0.15, 0.2) is 61.1 Å². The lowest BCUT2D eigenvalue weighted by molar-refractivity contribution is 0.0924. The lowest BCUT2D eigenvalue weighted by Gasteiger charge is -2.37. The molecule has 1 saturated heterocycles. The Labute approximate surface area is 220 Å². The number of para-hydroxylation sites is 1. The minimum Gasteiger partial charge on any atom is -0.493 e. The summed E-state index contributed by atoms with van der Waals surface area (Å²) < 4.78 is 5.87. The number of hydrogen-bond acceptors (Lipinski definition) is 8. The van der Waals surface area contributed by atoms with E-state index in [9.17, 15) is 4.79 Å². The van der Waals surface area contributed by atoms with Gasteiger partial charge in [0.05, 0.1) is 18.2 Å². The predicted octanol–water partition coefficient (Wildman–Crippen LogP) is 3.51. The second-order valence-electron chi connectivity index (χ2n) is 9.80. The number of hydrogen-bond donors (Lipinski definition) is 4. The van der Waals surface area contributed by atoms with Gasteiger partial charge < -0.3 is 20.7 Å². The molecule has 0 radical (unpaired) electrons. The van der Waals surface area contributed by atoms with Crippen LogP contribution in [0.3, 0.4) is 0 Å². The molecule has 2 aliphatic heterocycles. The first-order valence-corrected chi connectivity index (χ1v) is 12.9. The summed E-state index contributed by atoms with van der Waals surface area (Å²) in [6.07, 6.45) is 5.50. The summed E-state index contributed by atoms with van der Waals surface area (Å²) in [6, 6.07) is 15.4. The fourth-order valence-corrected chi connectivity index (χ4v) is 5.27. The van der Waals surface area contributed by atoms with Gasteiger partial charge in [0.15, 0.2) is 11.6 Å². The number of nitrogens with one attached hydrogen (secondary N) is 4. The highest BCUT2D eigenvalue weighted by Gasteiger charge is 2.37. The Morgan fingerprint density at radius 1 is 1.13 bits per heavy atom. The number of ether oxygens (including phenoxy) is 1. The molecule has 0 saturated carbocycles. The van der Waals surface area contributed by atoms with Crippen LogP contribution in [-0.2, 0) is 5.54 Å². The van der Waals surface area contributed by atoms with Gasteiger partial charge in [0.1, 0.15) is 17.8 Å². The zero-order valence-corrected chi connectivity index (χ0v) is 21.2. The molecule has 1 atom stereocenters. The third-order valence-corrected chi connectivity index (χ3v) is 7.29. The first kappa shape index (κ1) is 24.1. The molecule has 0 unspecified atom stereocenters. The van der Waals surface area contributed by atoms with Gasteiger partial charge in [-0.15, -0.1) is 0 Å². The van der Waals surface area contributed by atoms with E-state index in [-0.39, 0.29) is 11.9 Å². The number of aryl methyl sites for hydroxylation is 1. The van der Waals surface area contributed by atoms with E-state index in [0.717, 1.165) is 60.7 Å².